The molecule has 27 heavy (non-hydrogen) atoms. The predicted octanol–water partition coefficient (Wildman–Crippen LogP) is 2.14. The molecule has 0 bridgehead atoms. The van der Waals surface area contributed by atoms with Gasteiger partial charge in [-0.2, -0.15) is 11.8 Å². The first-order chi connectivity index (χ1) is 13.2. The Kier molecular flexibility index (Phi) is 6.54. The van der Waals surface area contributed by atoms with Crippen LogP contribution in [-0.2, 0) is 11.2 Å². The molecule has 3 aromatic heterocycles. The molecule has 0 aromatic carbocycles. The number of rotatable bonds is 9. The second-order valence-corrected chi connectivity index (χ2v) is 7.01. The summed E-state index contributed by atoms with van der Waals surface area (Å²) in [5, 5.41) is 5.64. The summed E-state index contributed by atoms with van der Waals surface area (Å²) in [6, 6.07) is 8.42. The van der Waals surface area contributed by atoms with Crippen LogP contribution in [0, 0.1) is 0 Å². The van der Waals surface area contributed by atoms with E-state index in [2.05, 4.69) is 15.6 Å². The van der Waals surface area contributed by atoms with E-state index in [1.807, 2.05) is 41.2 Å². The number of hydrogen-bond donors (Lipinski definition) is 2. The van der Waals surface area contributed by atoms with Crippen LogP contribution in [0.1, 0.15) is 22.7 Å². The van der Waals surface area contributed by atoms with E-state index in [0.29, 0.717) is 19.4 Å². The third-order valence-electron chi connectivity index (χ3n) is 4.07. The van der Waals surface area contributed by atoms with Gasteiger partial charge in [0.2, 0.25) is 5.91 Å². The summed E-state index contributed by atoms with van der Waals surface area (Å²) < 4.78 is 7.04. The quantitative estimate of drug-likeness (QED) is 0.588. The summed E-state index contributed by atoms with van der Waals surface area (Å²) >= 11 is 1.63. The Morgan fingerprint density at radius 2 is 2.19 bits per heavy atom. The van der Waals surface area contributed by atoms with Crippen LogP contribution in [0.25, 0.3) is 5.65 Å². The number of fused-ring (bicyclic) bond motifs is 1. The van der Waals surface area contributed by atoms with Gasteiger partial charge in [0.1, 0.15) is 11.7 Å². The van der Waals surface area contributed by atoms with E-state index in [1.54, 1.807) is 23.9 Å². The SMILES string of the molecule is CSCCC(NC(=O)c1ccco1)C(=O)NCCc1cn2ccccc2n1. The van der Waals surface area contributed by atoms with E-state index >= 15 is 0 Å². The van der Waals surface area contributed by atoms with Gasteiger partial charge in [0.25, 0.3) is 5.91 Å². The Hall–Kier alpha value is -2.74. The Morgan fingerprint density at radius 3 is 2.93 bits per heavy atom. The van der Waals surface area contributed by atoms with Crippen LogP contribution in [0.4, 0.5) is 0 Å². The normalized spacial score (nSPS) is 12.0. The molecule has 0 saturated heterocycles. The molecule has 0 aliphatic heterocycles. The second-order valence-electron chi connectivity index (χ2n) is 6.02. The maximum atomic E-state index is 12.5. The van der Waals surface area contributed by atoms with Crippen molar-refractivity contribution in [3.8, 4) is 0 Å². The molecule has 0 fully saturated rings. The van der Waals surface area contributed by atoms with E-state index in [1.165, 1.54) is 6.26 Å². The first-order valence-corrected chi connectivity index (χ1v) is 10.1. The standard InChI is InChI=1S/C19H22N4O3S/c1-27-12-8-15(22-19(25)16-5-4-11-26-16)18(24)20-9-7-14-13-23-10-3-2-6-17(23)21-14/h2-6,10-11,13,15H,7-9,12H2,1H3,(H,20,24)(H,22,25). The van der Waals surface area contributed by atoms with Gasteiger partial charge in [-0.1, -0.05) is 6.07 Å². The molecule has 0 aliphatic carbocycles. The topological polar surface area (TPSA) is 88.6 Å². The summed E-state index contributed by atoms with van der Waals surface area (Å²) in [5.74, 6) is 0.374. The lowest BCUT2D eigenvalue weighted by Gasteiger charge is -2.17. The molecule has 8 heteroatoms. The Balaban J connectivity index is 1.54. The van der Waals surface area contributed by atoms with E-state index in [4.69, 9.17) is 4.42 Å². The van der Waals surface area contributed by atoms with Gasteiger partial charge in [-0.05, 0) is 42.7 Å². The van der Waals surface area contributed by atoms with Crippen LogP contribution in [0.3, 0.4) is 0 Å². The highest BCUT2D eigenvalue weighted by Crippen LogP contribution is 2.06. The molecule has 3 heterocycles. The summed E-state index contributed by atoms with van der Waals surface area (Å²) in [6.07, 6.45) is 8.45. The zero-order valence-corrected chi connectivity index (χ0v) is 15.9. The Morgan fingerprint density at radius 1 is 1.30 bits per heavy atom. The molecule has 0 spiro atoms. The second kappa shape index (κ2) is 9.27. The van der Waals surface area contributed by atoms with E-state index < -0.39 is 6.04 Å². The van der Waals surface area contributed by atoms with Gasteiger partial charge in [-0.3, -0.25) is 9.59 Å². The summed E-state index contributed by atoms with van der Waals surface area (Å²) in [6.45, 7) is 0.453. The number of furan rings is 1. The van der Waals surface area contributed by atoms with Crippen LogP contribution in [0.2, 0.25) is 0 Å². The smallest absolute Gasteiger partial charge is 0.287 e. The minimum Gasteiger partial charge on any atom is -0.459 e. The number of thioether (sulfide) groups is 1. The molecule has 7 nitrogen and oxygen atoms in total. The number of carbonyl (C=O) groups is 2. The number of carbonyl (C=O) groups excluding carboxylic acids is 2. The zero-order valence-electron chi connectivity index (χ0n) is 15.1. The fourth-order valence-electron chi connectivity index (χ4n) is 2.69. The highest BCUT2D eigenvalue weighted by molar-refractivity contribution is 7.98. The van der Waals surface area contributed by atoms with Gasteiger partial charge in [0, 0.05) is 25.4 Å². The number of amides is 2. The monoisotopic (exact) mass is 386 g/mol. The van der Waals surface area contributed by atoms with Gasteiger partial charge in [-0.15, -0.1) is 0 Å². The highest BCUT2D eigenvalue weighted by Gasteiger charge is 2.22. The van der Waals surface area contributed by atoms with E-state index in [-0.39, 0.29) is 17.6 Å². The van der Waals surface area contributed by atoms with Gasteiger partial charge < -0.3 is 19.5 Å². The third kappa shape index (κ3) is 5.13. The lowest BCUT2D eigenvalue weighted by Crippen LogP contribution is -2.47. The van der Waals surface area contributed by atoms with Crippen molar-refractivity contribution >= 4 is 29.2 Å². The third-order valence-corrected chi connectivity index (χ3v) is 4.72. The zero-order chi connectivity index (χ0) is 19.1. The van der Waals surface area contributed by atoms with Crippen molar-refractivity contribution in [1.29, 1.82) is 0 Å². The number of hydrogen-bond acceptors (Lipinski definition) is 5. The maximum absolute atomic E-state index is 12.5. The highest BCUT2D eigenvalue weighted by atomic mass is 32.2. The molecule has 2 amide bonds. The molecular formula is C19H22N4O3S. The Bertz CT molecular complexity index is 858. The van der Waals surface area contributed by atoms with Crippen LogP contribution in [-0.4, -0.2) is 45.8 Å². The maximum Gasteiger partial charge on any atom is 0.287 e. The molecule has 0 radical (unpaired) electrons. The minimum absolute atomic E-state index is 0.196. The number of imidazole rings is 1. The number of nitrogens with zero attached hydrogens (tertiary/aromatic N) is 2. The largest absolute Gasteiger partial charge is 0.459 e. The van der Waals surface area contributed by atoms with Crippen molar-refractivity contribution in [2.45, 2.75) is 18.9 Å². The fraction of sp³-hybridized carbons (Fsp3) is 0.316. The van der Waals surface area contributed by atoms with Gasteiger partial charge in [0.15, 0.2) is 5.76 Å². The number of nitrogens with one attached hydrogen (secondary N) is 2. The van der Waals surface area contributed by atoms with Crippen molar-refractivity contribution < 1.29 is 14.0 Å². The van der Waals surface area contributed by atoms with Crippen molar-refractivity contribution in [2.75, 3.05) is 18.6 Å². The van der Waals surface area contributed by atoms with Crippen molar-refractivity contribution in [2.24, 2.45) is 0 Å². The minimum atomic E-state index is -0.601. The van der Waals surface area contributed by atoms with Crippen LogP contribution >= 0.6 is 11.8 Å². The lowest BCUT2D eigenvalue weighted by atomic mass is 10.2. The molecule has 0 aliphatic rings. The van der Waals surface area contributed by atoms with Crippen molar-refractivity contribution in [3.05, 3.63) is 60.4 Å². The molecular weight excluding hydrogens is 364 g/mol. The predicted molar refractivity (Wildman–Crippen MR) is 105 cm³/mol. The summed E-state index contributed by atoms with van der Waals surface area (Å²) in [4.78, 5) is 29.2. The average Bonchev–Trinajstić information content (AvgIpc) is 3.34. The average molecular weight is 386 g/mol. The van der Waals surface area contributed by atoms with Crippen molar-refractivity contribution in [1.82, 2.24) is 20.0 Å². The molecule has 2 N–H and O–H groups in total. The van der Waals surface area contributed by atoms with Crippen LogP contribution in [0.5, 0.6) is 0 Å². The summed E-state index contributed by atoms with van der Waals surface area (Å²) in [7, 11) is 0. The molecule has 3 rings (SSSR count). The molecule has 142 valence electrons. The van der Waals surface area contributed by atoms with Crippen molar-refractivity contribution in [3.63, 3.8) is 0 Å². The molecule has 1 atom stereocenters. The first-order valence-electron chi connectivity index (χ1n) is 8.71. The first kappa shape index (κ1) is 19.0. The van der Waals surface area contributed by atoms with Gasteiger partial charge in [-0.25, -0.2) is 4.98 Å². The molecule has 0 saturated carbocycles. The fourth-order valence-corrected chi connectivity index (χ4v) is 3.16. The molecule has 1 unspecified atom stereocenters. The Labute approximate surface area is 161 Å². The van der Waals surface area contributed by atoms with Crippen LogP contribution < -0.4 is 10.6 Å². The number of aromatic nitrogens is 2. The van der Waals surface area contributed by atoms with Gasteiger partial charge >= 0.3 is 0 Å². The number of pyridine rings is 1. The van der Waals surface area contributed by atoms with E-state index in [0.717, 1.165) is 17.1 Å². The van der Waals surface area contributed by atoms with Gasteiger partial charge in [0.05, 0.1) is 12.0 Å². The van der Waals surface area contributed by atoms with E-state index in [9.17, 15) is 9.59 Å². The molecule has 3 aromatic rings. The van der Waals surface area contributed by atoms with Crippen LogP contribution in [0.15, 0.2) is 53.4 Å². The lowest BCUT2D eigenvalue weighted by molar-refractivity contribution is -0.123. The summed E-state index contributed by atoms with van der Waals surface area (Å²) in [5.41, 5.74) is 1.78.